The molecule has 8 aromatic rings. The molecule has 0 saturated heterocycles. The maximum Gasteiger partial charge on any atom is 0.160 e. The normalized spacial score (nSPS) is 12.7. The van der Waals surface area contributed by atoms with Gasteiger partial charge in [0.2, 0.25) is 0 Å². The van der Waals surface area contributed by atoms with Gasteiger partial charge >= 0.3 is 0 Å². The molecule has 242 valence electrons. The number of rotatable bonds is 6. The van der Waals surface area contributed by atoms with Crippen LogP contribution in [0.4, 0.5) is 0 Å². The third-order valence-electron chi connectivity index (χ3n) is 10.3. The molecule has 1 heterocycles. The van der Waals surface area contributed by atoms with E-state index in [0.717, 1.165) is 28.1 Å². The minimum atomic E-state index is 0.00728. The summed E-state index contributed by atoms with van der Waals surface area (Å²) in [6, 6.07) is 64.8. The van der Waals surface area contributed by atoms with Crippen LogP contribution in [-0.4, -0.2) is 9.97 Å². The molecule has 1 aliphatic rings. The number of benzene rings is 7. The van der Waals surface area contributed by atoms with Crippen LogP contribution in [0.1, 0.15) is 25.0 Å². The third-order valence-corrected chi connectivity index (χ3v) is 10.3. The molecule has 0 atom stereocenters. The van der Waals surface area contributed by atoms with Crippen molar-refractivity contribution in [1.82, 2.24) is 9.97 Å². The molecule has 9 rings (SSSR count). The zero-order chi connectivity index (χ0) is 34.4. The fourth-order valence-corrected chi connectivity index (χ4v) is 7.53. The highest BCUT2D eigenvalue weighted by Crippen LogP contribution is 2.49. The third kappa shape index (κ3) is 5.65. The maximum atomic E-state index is 5.10. The summed E-state index contributed by atoms with van der Waals surface area (Å²) in [5, 5.41) is 0. The number of nitrogens with zero attached hydrogens (tertiary/aromatic N) is 2. The second-order valence-corrected chi connectivity index (χ2v) is 13.9. The first-order valence-electron chi connectivity index (χ1n) is 17.6. The second-order valence-electron chi connectivity index (χ2n) is 13.9. The summed E-state index contributed by atoms with van der Waals surface area (Å²) in [4.78, 5) is 10.1. The average molecular weight is 653 g/mol. The first kappa shape index (κ1) is 30.7. The van der Waals surface area contributed by atoms with Crippen molar-refractivity contribution in [2.75, 3.05) is 0 Å². The van der Waals surface area contributed by atoms with Crippen molar-refractivity contribution in [3.8, 4) is 78.4 Å². The Morgan fingerprint density at radius 3 is 1.43 bits per heavy atom. The Labute approximate surface area is 299 Å². The number of aromatic nitrogens is 2. The van der Waals surface area contributed by atoms with Gasteiger partial charge in [-0.25, -0.2) is 9.97 Å². The average Bonchev–Trinajstić information content (AvgIpc) is 3.44. The molecule has 0 N–H and O–H groups in total. The lowest BCUT2D eigenvalue weighted by Crippen LogP contribution is -2.14. The molecule has 0 amide bonds. The first-order valence-corrected chi connectivity index (χ1v) is 17.6. The van der Waals surface area contributed by atoms with E-state index >= 15 is 0 Å². The van der Waals surface area contributed by atoms with Gasteiger partial charge in [-0.1, -0.05) is 178 Å². The van der Waals surface area contributed by atoms with Crippen LogP contribution >= 0.6 is 0 Å². The summed E-state index contributed by atoms with van der Waals surface area (Å²) in [5.74, 6) is 0.711. The number of hydrogen-bond donors (Lipinski definition) is 0. The molecular weight excluding hydrogens is 617 g/mol. The molecule has 7 aromatic carbocycles. The van der Waals surface area contributed by atoms with Gasteiger partial charge in [0.1, 0.15) is 0 Å². The van der Waals surface area contributed by atoms with Crippen LogP contribution in [0, 0.1) is 0 Å². The highest BCUT2D eigenvalue weighted by atomic mass is 14.9. The van der Waals surface area contributed by atoms with Crippen LogP contribution in [0.25, 0.3) is 78.4 Å². The van der Waals surface area contributed by atoms with Gasteiger partial charge in [0.15, 0.2) is 5.82 Å². The first-order chi connectivity index (χ1) is 25.0. The molecule has 0 fully saturated rings. The SMILES string of the molecule is CC1(C)c2ccccc2-c2cc(-c3cccc(-c4ccc(-c5cc(-c6ccccc6)nc(-c6ccc(-c7ccccc7)cc6)n5)cc4)c3)ccc21. The molecule has 0 bridgehead atoms. The standard InChI is InChI=1S/C49H36N2/c1-49(2)44-19-10-9-18-42(44)43-31-41(28-29-45(43)49)40-17-11-16-39(30-40)35-20-24-37(25-21-35)47-32-46(36-14-7-4-8-15-36)50-48(51-47)38-26-22-34(23-27-38)33-12-5-3-6-13-33/h3-32H,1-2H3. The van der Waals surface area contributed by atoms with E-state index in [1.54, 1.807) is 0 Å². The monoisotopic (exact) mass is 652 g/mol. The fraction of sp³-hybridized carbons (Fsp3) is 0.0612. The highest BCUT2D eigenvalue weighted by molar-refractivity contribution is 5.85. The molecule has 1 aliphatic carbocycles. The lowest BCUT2D eigenvalue weighted by Gasteiger charge is -2.21. The van der Waals surface area contributed by atoms with Crippen molar-refractivity contribution in [1.29, 1.82) is 0 Å². The Balaban J connectivity index is 1.04. The summed E-state index contributed by atoms with van der Waals surface area (Å²) in [7, 11) is 0. The predicted molar refractivity (Wildman–Crippen MR) is 212 cm³/mol. The van der Waals surface area contributed by atoms with Gasteiger partial charge < -0.3 is 0 Å². The van der Waals surface area contributed by atoms with E-state index < -0.39 is 0 Å². The van der Waals surface area contributed by atoms with Gasteiger partial charge in [0, 0.05) is 22.1 Å². The Hall–Kier alpha value is -6.38. The topological polar surface area (TPSA) is 25.8 Å². The molecule has 0 aliphatic heterocycles. The van der Waals surface area contributed by atoms with Crippen LogP contribution in [0.3, 0.4) is 0 Å². The number of fused-ring (bicyclic) bond motifs is 3. The van der Waals surface area contributed by atoms with Crippen molar-refractivity contribution in [2.45, 2.75) is 19.3 Å². The zero-order valence-electron chi connectivity index (χ0n) is 28.7. The summed E-state index contributed by atoms with van der Waals surface area (Å²) >= 11 is 0. The molecule has 0 spiro atoms. The summed E-state index contributed by atoms with van der Waals surface area (Å²) in [6.45, 7) is 4.66. The van der Waals surface area contributed by atoms with E-state index in [-0.39, 0.29) is 5.41 Å². The van der Waals surface area contributed by atoms with Gasteiger partial charge in [-0.3, -0.25) is 0 Å². The molecule has 0 unspecified atom stereocenters. The smallest absolute Gasteiger partial charge is 0.160 e. The van der Waals surface area contributed by atoms with Crippen LogP contribution in [-0.2, 0) is 5.41 Å². The molecule has 2 nitrogen and oxygen atoms in total. The lowest BCUT2D eigenvalue weighted by molar-refractivity contribution is 0.660. The van der Waals surface area contributed by atoms with Crippen molar-refractivity contribution < 1.29 is 0 Å². The minimum Gasteiger partial charge on any atom is -0.228 e. The van der Waals surface area contributed by atoms with Gasteiger partial charge in [-0.15, -0.1) is 0 Å². The summed E-state index contributed by atoms with van der Waals surface area (Å²) in [6.07, 6.45) is 0. The molecule has 0 saturated carbocycles. The van der Waals surface area contributed by atoms with Gasteiger partial charge in [0.05, 0.1) is 11.4 Å². The Bertz CT molecular complexity index is 2510. The molecule has 2 heteroatoms. The van der Waals surface area contributed by atoms with Crippen molar-refractivity contribution >= 4 is 0 Å². The van der Waals surface area contributed by atoms with Crippen molar-refractivity contribution in [3.63, 3.8) is 0 Å². The Morgan fingerprint density at radius 1 is 0.314 bits per heavy atom. The van der Waals surface area contributed by atoms with Crippen LogP contribution < -0.4 is 0 Å². The zero-order valence-corrected chi connectivity index (χ0v) is 28.7. The van der Waals surface area contributed by atoms with Crippen molar-refractivity contribution in [3.05, 3.63) is 193 Å². The molecule has 0 radical (unpaired) electrons. The Morgan fingerprint density at radius 2 is 0.745 bits per heavy atom. The molecular formula is C49H36N2. The van der Waals surface area contributed by atoms with Crippen LogP contribution in [0.2, 0.25) is 0 Å². The van der Waals surface area contributed by atoms with E-state index in [1.807, 2.05) is 12.1 Å². The summed E-state index contributed by atoms with van der Waals surface area (Å²) in [5.41, 5.74) is 17.6. The van der Waals surface area contributed by atoms with Gasteiger partial charge in [-0.05, 0) is 73.8 Å². The van der Waals surface area contributed by atoms with Crippen molar-refractivity contribution in [2.24, 2.45) is 0 Å². The lowest BCUT2D eigenvalue weighted by atomic mass is 9.82. The van der Waals surface area contributed by atoms with E-state index in [0.29, 0.717) is 5.82 Å². The molecule has 1 aromatic heterocycles. The quantitative estimate of drug-likeness (QED) is 0.179. The fourth-order valence-electron chi connectivity index (χ4n) is 7.53. The predicted octanol–water partition coefficient (Wildman–Crippen LogP) is 12.8. The molecule has 51 heavy (non-hydrogen) atoms. The van der Waals surface area contributed by atoms with Gasteiger partial charge in [0.25, 0.3) is 0 Å². The van der Waals surface area contributed by atoms with E-state index in [4.69, 9.17) is 9.97 Å². The minimum absolute atomic E-state index is 0.00728. The van der Waals surface area contributed by atoms with Gasteiger partial charge in [-0.2, -0.15) is 0 Å². The Kier molecular flexibility index (Phi) is 7.51. The summed E-state index contributed by atoms with van der Waals surface area (Å²) < 4.78 is 0. The van der Waals surface area contributed by atoms with E-state index in [9.17, 15) is 0 Å². The van der Waals surface area contributed by atoms with Crippen LogP contribution in [0.15, 0.2) is 182 Å². The number of hydrogen-bond acceptors (Lipinski definition) is 2. The maximum absolute atomic E-state index is 5.10. The van der Waals surface area contributed by atoms with E-state index in [1.165, 1.54) is 55.6 Å². The van der Waals surface area contributed by atoms with E-state index in [2.05, 4.69) is 184 Å². The largest absolute Gasteiger partial charge is 0.228 e. The van der Waals surface area contributed by atoms with Crippen LogP contribution in [0.5, 0.6) is 0 Å². The second kappa shape index (κ2) is 12.5. The highest BCUT2D eigenvalue weighted by Gasteiger charge is 2.35.